The van der Waals surface area contributed by atoms with Crippen LogP contribution in [0.3, 0.4) is 0 Å². The molecule has 6 nitrogen and oxygen atoms in total. The normalized spacial score (nSPS) is 14.8. The molecule has 0 unspecified atom stereocenters. The van der Waals surface area contributed by atoms with Gasteiger partial charge in [-0.05, 0) is 12.0 Å². The van der Waals surface area contributed by atoms with Gasteiger partial charge in [0.1, 0.15) is 0 Å². The van der Waals surface area contributed by atoms with Crippen molar-refractivity contribution >= 4 is 9.84 Å². The van der Waals surface area contributed by atoms with Crippen molar-refractivity contribution in [2.75, 3.05) is 0 Å². The predicted octanol–water partition coefficient (Wildman–Crippen LogP) is 1.37. The molecule has 0 aliphatic heterocycles. The molecule has 0 aliphatic rings. The highest BCUT2D eigenvalue weighted by Crippen LogP contribution is 2.21. The Morgan fingerprint density at radius 3 is 2.52 bits per heavy atom. The Balaban J connectivity index is 2.20. The van der Waals surface area contributed by atoms with Crippen molar-refractivity contribution in [2.24, 2.45) is 5.92 Å². The van der Waals surface area contributed by atoms with Gasteiger partial charge in [-0.3, -0.25) is 0 Å². The third-order valence-corrected chi connectivity index (χ3v) is 4.95. The molecule has 0 saturated carbocycles. The minimum absolute atomic E-state index is 0.152. The van der Waals surface area contributed by atoms with Crippen LogP contribution in [0.1, 0.15) is 37.8 Å². The maximum atomic E-state index is 12.3. The lowest BCUT2D eigenvalue weighted by Crippen LogP contribution is -2.56. The van der Waals surface area contributed by atoms with Gasteiger partial charge in [-0.2, -0.15) is 0 Å². The molecule has 1 aromatic heterocycles. The van der Waals surface area contributed by atoms with Gasteiger partial charge in [-0.15, -0.1) is 5.10 Å². The highest BCUT2D eigenvalue weighted by molar-refractivity contribution is 7.90. The number of sulfone groups is 1. The summed E-state index contributed by atoms with van der Waals surface area (Å²) in [6.45, 7) is 4.05. The maximum absolute atomic E-state index is 12.3. The summed E-state index contributed by atoms with van der Waals surface area (Å²) in [6.07, 6.45) is 0.905. The Hall–Kier alpha value is -1.73. The van der Waals surface area contributed by atoms with Crippen molar-refractivity contribution in [1.29, 1.82) is 0 Å². The van der Waals surface area contributed by atoms with Gasteiger partial charge < -0.3 is 10.2 Å². The van der Waals surface area contributed by atoms with E-state index in [0.29, 0.717) is 5.56 Å². The molecule has 0 saturated heterocycles. The number of hydrogen-bond donors (Lipinski definition) is 1. The topological polar surface area (TPSA) is 101 Å². The van der Waals surface area contributed by atoms with Crippen molar-refractivity contribution in [1.82, 2.24) is 10.2 Å². The van der Waals surface area contributed by atoms with Crippen LogP contribution in [0.15, 0.2) is 40.0 Å². The van der Waals surface area contributed by atoms with E-state index in [1.807, 2.05) is 19.9 Å². The van der Waals surface area contributed by atoms with Gasteiger partial charge in [-0.25, -0.2) is 8.42 Å². The highest BCUT2D eigenvalue weighted by atomic mass is 32.2. The molecule has 0 amide bonds. The number of quaternary nitrogens is 1. The first-order chi connectivity index (χ1) is 9.94. The number of benzene rings is 1. The molecular formula is C14H20N3O3S+. The summed E-state index contributed by atoms with van der Waals surface area (Å²) in [6, 6.07) is 8.71. The second-order valence-corrected chi connectivity index (χ2v) is 7.01. The first-order valence-corrected chi connectivity index (χ1v) is 8.52. The summed E-state index contributed by atoms with van der Waals surface area (Å²) >= 11 is 0. The molecule has 21 heavy (non-hydrogen) atoms. The third-order valence-electron chi connectivity index (χ3n) is 3.54. The Kier molecular flexibility index (Phi) is 4.74. The fourth-order valence-electron chi connectivity index (χ4n) is 1.88. The molecule has 0 radical (unpaired) electrons. The lowest BCUT2D eigenvalue weighted by Gasteiger charge is -2.09. The molecule has 1 heterocycles. The van der Waals surface area contributed by atoms with E-state index in [4.69, 9.17) is 4.42 Å². The van der Waals surface area contributed by atoms with E-state index >= 15 is 0 Å². The molecular weight excluding hydrogens is 290 g/mol. The second kappa shape index (κ2) is 6.36. The Morgan fingerprint density at radius 2 is 1.90 bits per heavy atom. The zero-order chi connectivity index (χ0) is 15.5. The molecule has 0 spiro atoms. The minimum Gasteiger partial charge on any atom is -0.406 e. The zero-order valence-corrected chi connectivity index (χ0v) is 13.0. The van der Waals surface area contributed by atoms with E-state index in [2.05, 4.69) is 15.9 Å². The molecule has 0 aliphatic carbocycles. The first-order valence-electron chi connectivity index (χ1n) is 6.87. The Labute approximate surface area is 124 Å². The summed E-state index contributed by atoms with van der Waals surface area (Å²) < 4.78 is 29.9. The van der Waals surface area contributed by atoms with Crippen LogP contribution in [-0.2, 0) is 15.6 Å². The number of rotatable bonds is 6. The van der Waals surface area contributed by atoms with Crippen LogP contribution in [0.4, 0.5) is 0 Å². The molecule has 3 N–H and O–H groups in total. The molecule has 0 fully saturated rings. The molecule has 2 atom stereocenters. The van der Waals surface area contributed by atoms with Crippen LogP contribution in [0.5, 0.6) is 0 Å². The van der Waals surface area contributed by atoms with Crippen molar-refractivity contribution < 1.29 is 18.6 Å². The van der Waals surface area contributed by atoms with Crippen LogP contribution in [-0.4, -0.2) is 18.6 Å². The van der Waals surface area contributed by atoms with Crippen molar-refractivity contribution in [2.45, 2.75) is 37.3 Å². The standard InChI is InChI=1S/C14H19N3O3S/c1-3-10(2)12(15)13-16-17-14(20-13)21(18,19)9-11-7-5-4-6-8-11/h4-8,10,12H,3,9,15H2,1-2H3/p+1/t10-,12+/m1/s1. The number of aromatic nitrogens is 2. The van der Waals surface area contributed by atoms with E-state index in [1.165, 1.54) is 0 Å². The molecule has 2 aromatic rings. The van der Waals surface area contributed by atoms with E-state index < -0.39 is 9.84 Å². The maximum Gasteiger partial charge on any atom is 0.336 e. The summed E-state index contributed by atoms with van der Waals surface area (Å²) in [5.41, 5.74) is 4.65. The van der Waals surface area contributed by atoms with Crippen molar-refractivity contribution in [3.8, 4) is 0 Å². The number of hydrogen-bond acceptors (Lipinski definition) is 5. The quantitative estimate of drug-likeness (QED) is 0.868. The van der Waals surface area contributed by atoms with Gasteiger partial charge in [0.15, 0.2) is 6.04 Å². The lowest BCUT2D eigenvalue weighted by atomic mass is 10.0. The predicted molar refractivity (Wildman–Crippen MR) is 76.7 cm³/mol. The summed E-state index contributed by atoms with van der Waals surface area (Å²) in [5, 5.41) is 7.18. The smallest absolute Gasteiger partial charge is 0.336 e. The van der Waals surface area contributed by atoms with E-state index in [0.717, 1.165) is 6.42 Å². The Bertz CT molecular complexity index is 682. The van der Waals surface area contributed by atoms with Crippen LogP contribution in [0.2, 0.25) is 0 Å². The first kappa shape index (κ1) is 15.7. The summed E-state index contributed by atoms with van der Waals surface area (Å²) in [5.74, 6) is 0.367. The van der Waals surface area contributed by atoms with Gasteiger partial charge in [0.25, 0.3) is 5.89 Å². The lowest BCUT2D eigenvalue weighted by molar-refractivity contribution is -0.444. The van der Waals surface area contributed by atoms with Gasteiger partial charge in [0.05, 0.1) is 5.75 Å². The number of nitrogens with zero attached hydrogens (tertiary/aromatic N) is 2. The molecule has 2 rings (SSSR count). The monoisotopic (exact) mass is 310 g/mol. The van der Waals surface area contributed by atoms with Crippen LogP contribution in [0.25, 0.3) is 0 Å². The van der Waals surface area contributed by atoms with Crippen LogP contribution >= 0.6 is 0 Å². The average molecular weight is 310 g/mol. The Morgan fingerprint density at radius 1 is 1.24 bits per heavy atom. The highest BCUT2D eigenvalue weighted by Gasteiger charge is 2.28. The molecule has 0 bridgehead atoms. The third kappa shape index (κ3) is 3.68. The van der Waals surface area contributed by atoms with Crippen LogP contribution < -0.4 is 5.73 Å². The van der Waals surface area contributed by atoms with Crippen molar-refractivity contribution in [3.63, 3.8) is 0 Å². The van der Waals surface area contributed by atoms with Gasteiger partial charge in [0, 0.05) is 5.92 Å². The zero-order valence-electron chi connectivity index (χ0n) is 12.2. The van der Waals surface area contributed by atoms with E-state index in [-0.39, 0.29) is 28.8 Å². The molecule has 1 aromatic carbocycles. The van der Waals surface area contributed by atoms with Gasteiger partial charge >= 0.3 is 5.22 Å². The molecule has 7 heteroatoms. The van der Waals surface area contributed by atoms with E-state index in [9.17, 15) is 8.42 Å². The average Bonchev–Trinajstić information content (AvgIpc) is 2.97. The second-order valence-electron chi connectivity index (χ2n) is 5.14. The van der Waals surface area contributed by atoms with Gasteiger partial charge in [-0.1, -0.05) is 49.3 Å². The largest absolute Gasteiger partial charge is 0.406 e. The van der Waals surface area contributed by atoms with E-state index in [1.54, 1.807) is 24.3 Å². The SMILES string of the molecule is CC[C@@H](C)[C@H]([NH3+])c1nnc(S(=O)(=O)Cc2ccccc2)o1. The van der Waals surface area contributed by atoms with Crippen LogP contribution in [0, 0.1) is 5.92 Å². The summed E-state index contributed by atoms with van der Waals surface area (Å²) in [4.78, 5) is 0. The van der Waals surface area contributed by atoms with Gasteiger partial charge in [0.2, 0.25) is 9.84 Å². The fraction of sp³-hybridized carbons (Fsp3) is 0.429. The van der Waals surface area contributed by atoms with Crippen molar-refractivity contribution in [3.05, 3.63) is 41.8 Å². The summed E-state index contributed by atoms with van der Waals surface area (Å²) in [7, 11) is -3.63. The molecule has 114 valence electrons. The minimum atomic E-state index is -3.63. The fourth-order valence-corrected chi connectivity index (χ4v) is 3.01.